The van der Waals surface area contributed by atoms with Gasteiger partial charge in [-0.15, -0.1) is 0 Å². The molecule has 0 amide bonds. The van der Waals surface area contributed by atoms with E-state index in [1.54, 1.807) is 36.4 Å². The highest BCUT2D eigenvalue weighted by Gasteiger charge is 2.20. The van der Waals surface area contributed by atoms with Gasteiger partial charge < -0.3 is 20.1 Å². The molecule has 0 aliphatic carbocycles. The van der Waals surface area contributed by atoms with Gasteiger partial charge in [-0.1, -0.05) is 30.3 Å². The van der Waals surface area contributed by atoms with E-state index in [1.165, 1.54) is 18.2 Å². The molecule has 3 N–H and O–H groups in total. The lowest BCUT2D eigenvalue weighted by Crippen LogP contribution is -2.23. The Morgan fingerprint density at radius 1 is 1.05 bits per heavy atom. The van der Waals surface area contributed by atoms with E-state index in [4.69, 9.17) is 9.84 Å². The smallest absolute Gasteiger partial charge is 0.328 e. The first-order chi connectivity index (χ1) is 10.6. The highest BCUT2D eigenvalue weighted by atomic mass is 16.5. The molecule has 2 aromatic carbocycles. The minimum atomic E-state index is -1.13. The largest absolute Gasteiger partial charge is 0.508 e. The van der Waals surface area contributed by atoms with Gasteiger partial charge in [-0.3, -0.25) is 0 Å². The molecule has 5 heteroatoms. The molecular weight excluding hydrogens is 284 g/mol. The molecule has 0 radical (unpaired) electrons. The van der Waals surface area contributed by atoms with Crippen molar-refractivity contribution in [2.24, 2.45) is 0 Å². The molecule has 0 aliphatic heterocycles. The minimum Gasteiger partial charge on any atom is -0.508 e. The average molecular weight is 300 g/mol. The molecule has 0 bridgehead atoms. The van der Waals surface area contributed by atoms with Crippen LogP contribution in [0.5, 0.6) is 11.5 Å². The van der Waals surface area contributed by atoms with Gasteiger partial charge in [0.2, 0.25) is 0 Å². The number of hydrogen-bond donors (Lipinski definition) is 3. The fourth-order valence-corrected chi connectivity index (χ4v) is 1.90. The third-order valence-corrected chi connectivity index (χ3v) is 2.99. The number of rotatable bonds is 6. The number of aliphatic hydroxyl groups is 1. The van der Waals surface area contributed by atoms with Crippen LogP contribution in [0.2, 0.25) is 0 Å². The van der Waals surface area contributed by atoms with Crippen LogP contribution in [-0.4, -0.2) is 27.4 Å². The van der Waals surface area contributed by atoms with Crippen LogP contribution in [0.25, 0.3) is 0 Å². The molecule has 0 aliphatic rings. The molecule has 22 heavy (non-hydrogen) atoms. The SMILES string of the molecule is O=C(O)/C=C/[C@@H](Oc1ccccc1)[C@H](O)c1ccc(O)cc1. The second-order valence-corrected chi connectivity index (χ2v) is 4.63. The van der Waals surface area contributed by atoms with Gasteiger partial charge in [0.25, 0.3) is 0 Å². The van der Waals surface area contributed by atoms with Gasteiger partial charge in [-0.2, -0.15) is 0 Å². The standard InChI is InChI=1S/C17H16O5/c18-13-8-6-12(7-9-13)17(21)15(10-11-16(19)20)22-14-4-2-1-3-5-14/h1-11,15,17-18,21H,(H,19,20)/b11-10+/t15-,17-/m1/s1. The van der Waals surface area contributed by atoms with Crippen molar-refractivity contribution in [3.05, 3.63) is 72.3 Å². The topological polar surface area (TPSA) is 87.0 Å². The first-order valence-corrected chi connectivity index (χ1v) is 6.66. The number of carbonyl (C=O) groups is 1. The molecular formula is C17H16O5. The normalized spacial score (nSPS) is 13.7. The zero-order valence-electron chi connectivity index (χ0n) is 11.7. The van der Waals surface area contributed by atoms with E-state index in [0.29, 0.717) is 11.3 Å². The predicted molar refractivity (Wildman–Crippen MR) is 80.7 cm³/mol. The van der Waals surface area contributed by atoms with Crippen molar-refractivity contribution in [1.82, 2.24) is 0 Å². The number of phenols is 1. The monoisotopic (exact) mass is 300 g/mol. The number of carboxylic acids is 1. The Morgan fingerprint density at radius 2 is 1.68 bits per heavy atom. The van der Waals surface area contributed by atoms with Crippen molar-refractivity contribution in [2.45, 2.75) is 12.2 Å². The van der Waals surface area contributed by atoms with E-state index in [9.17, 15) is 15.0 Å². The maximum Gasteiger partial charge on any atom is 0.328 e. The average Bonchev–Trinajstić information content (AvgIpc) is 2.52. The van der Waals surface area contributed by atoms with Crippen molar-refractivity contribution in [1.29, 1.82) is 0 Å². The van der Waals surface area contributed by atoms with Crippen LogP contribution in [0, 0.1) is 0 Å². The Morgan fingerprint density at radius 3 is 2.27 bits per heavy atom. The minimum absolute atomic E-state index is 0.0811. The van der Waals surface area contributed by atoms with Gasteiger partial charge in [0.1, 0.15) is 23.7 Å². The molecule has 0 aromatic heterocycles. The molecule has 0 unspecified atom stereocenters. The quantitative estimate of drug-likeness (QED) is 0.714. The van der Waals surface area contributed by atoms with E-state index < -0.39 is 18.2 Å². The number of aromatic hydroxyl groups is 1. The van der Waals surface area contributed by atoms with Crippen molar-refractivity contribution in [3.8, 4) is 11.5 Å². The first kappa shape index (κ1) is 15.6. The summed E-state index contributed by atoms with van der Waals surface area (Å²) >= 11 is 0. The van der Waals surface area contributed by atoms with Gasteiger partial charge in [-0.05, 0) is 35.9 Å². The van der Waals surface area contributed by atoms with Gasteiger partial charge in [0, 0.05) is 6.08 Å². The number of hydrogen-bond acceptors (Lipinski definition) is 4. The number of benzene rings is 2. The lowest BCUT2D eigenvalue weighted by Gasteiger charge is -2.22. The van der Waals surface area contributed by atoms with Gasteiger partial charge >= 0.3 is 5.97 Å². The summed E-state index contributed by atoms with van der Waals surface area (Å²) < 4.78 is 5.65. The summed E-state index contributed by atoms with van der Waals surface area (Å²) in [6.45, 7) is 0. The Labute approximate surface area is 127 Å². The number of para-hydroxylation sites is 1. The summed E-state index contributed by atoms with van der Waals surface area (Å²) in [5.74, 6) is -0.530. The molecule has 2 atom stereocenters. The summed E-state index contributed by atoms with van der Waals surface area (Å²) in [6.07, 6.45) is 0.267. The molecule has 5 nitrogen and oxygen atoms in total. The number of aliphatic carboxylic acids is 1. The van der Waals surface area contributed by atoms with Gasteiger partial charge in [0.05, 0.1) is 0 Å². The van der Waals surface area contributed by atoms with Crippen molar-refractivity contribution in [2.75, 3.05) is 0 Å². The third kappa shape index (κ3) is 4.36. The maximum absolute atomic E-state index is 10.7. The van der Waals surface area contributed by atoms with Gasteiger partial charge in [-0.25, -0.2) is 4.79 Å². The van der Waals surface area contributed by atoms with Crippen molar-refractivity contribution < 1.29 is 24.9 Å². The lowest BCUT2D eigenvalue weighted by atomic mass is 10.0. The number of aliphatic hydroxyl groups excluding tert-OH is 1. The summed E-state index contributed by atoms with van der Waals surface area (Å²) in [6, 6.07) is 14.8. The molecule has 0 saturated carbocycles. The predicted octanol–water partition coefficient (Wildman–Crippen LogP) is 2.51. The highest BCUT2D eigenvalue weighted by Crippen LogP contribution is 2.24. The van der Waals surface area contributed by atoms with E-state index in [1.807, 2.05) is 6.07 Å². The fourth-order valence-electron chi connectivity index (χ4n) is 1.90. The van der Waals surface area contributed by atoms with Crippen LogP contribution < -0.4 is 4.74 Å². The highest BCUT2D eigenvalue weighted by molar-refractivity contribution is 5.79. The van der Waals surface area contributed by atoms with E-state index >= 15 is 0 Å². The zero-order chi connectivity index (χ0) is 15.9. The molecule has 0 saturated heterocycles. The maximum atomic E-state index is 10.7. The second kappa shape index (κ2) is 7.28. The summed E-state index contributed by atoms with van der Waals surface area (Å²) in [5.41, 5.74) is 0.508. The van der Waals surface area contributed by atoms with E-state index in [0.717, 1.165) is 6.08 Å². The van der Waals surface area contributed by atoms with E-state index in [-0.39, 0.29) is 5.75 Å². The molecule has 0 spiro atoms. The van der Waals surface area contributed by atoms with Crippen LogP contribution in [0.15, 0.2) is 66.7 Å². The fraction of sp³-hybridized carbons (Fsp3) is 0.118. The summed E-state index contributed by atoms with van der Waals surface area (Å²) in [4.78, 5) is 10.7. The van der Waals surface area contributed by atoms with Crippen LogP contribution in [0.4, 0.5) is 0 Å². The van der Waals surface area contributed by atoms with Crippen LogP contribution >= 0.6 is 0 Å². The Hall–Kier alpha value is -2.79. The summed E-state index contributed by atoms with van der Waals surface area (Å²) in [5, 5.41) is 28.4. The summed E-state index contributed by atoms with van der Waals surface area (Å²) in [7, 11) is 0. The number of ether oxygens (including phenoxy) is 1. The molecule has 0 fully saturated rings. The zero-order valence-corrected chi connectivity index (χ0v) is 11.7. The Balaban J connectivity index is 2.22. The Kier molecular flexibility index (Phi) is 5.16. The molecule has 2 rings (SSSR count). The molecule has 114 valence electrons. The number of phenolic OH excluding ortho intramolecular Hbond substituents is 1. The lowest BCUT2D eigenvalue weighted by molar-refractivity contribution is -0.131. The molecule has 2 aromatic rings. The van der Waals surface area contributed by atoms with Crippen LogP contribution in [0.3, 0.4) is 0 Å². The van der Waals surface area contributed by atoms with Crippen molar-refractivity contribution in [3.63, 3.8) is 0 Å². The van der Waals surface area contributed by atoms with E-state index in [2.05, 4.69) is 0 Å². The second-order valence-electron chi connectivity index (χ2n) is 4.63. The van der Waals surface area contributed by atoms with Crippen LogP contribution in [0.1, 0.15) is 11.7 Å². The Bertz CT molecular complexity index is 634. The first-order valence-electron chi connectivity index (χ1n) is 6.66. The van der Waals surface area contributed by atoms with Gasteiger partial charge in [0.15, 0.2) is 0 Å². The number of carboxylic acid groups (broad SMARTS) is 1. The third-order valence-electron chi connectivity index (χ3n) is 2.99. The molecule has 0 heterocycles. The van der Waals surface area contributed by atoms with Crippen LogP contribution in [-0.2, 0) is 4.79 Å². The van der Waals surface area contributed by atoms with Crippen molar-refractivity contribution >= 4 is 5.97 Å².